The summed E-state index contributed by atoms with van der Waals surface area (Å²) in [5.74, 6) is 0.778. The first-order valence-corrected chi connectivity index (χ1v) is 6.62. The standard InChI is InChI=1S/C13H13ClN2S/c1-9-6-7-16-13(12(9)15)17-8-10-4-2-3-5-11(10)14/h2-7H,8,15H2,1H3. The summed E-state index contributed by atoms with van der Waals surface area (Å²) in [4.78, 5) is 4.28. The SMILES string of the molecule is Cc1ccnc(SCc2ccccc2Cl)c1N. The molecule has 17 heavy (non-hydrogen) atoms. The van der Waals surface area contributed by atoms with Gasteiger partial charge in [-0.1, -0.05) is 41.6 Å². The third-order valence-corrected chi connectivity index (χ3v) is 3.92. The zero-order valence-electron chi connectivity index (χ0n) is 9.48. The Balaban J connectivity index is 2.13. The van der Waals surface area contributed by atoms with Gasteiger partial charge in [0.05, 0.1) is 5.69 Å². The molecule has 0 fully saturated rings. The molecule has 2 aromatic rings. The molecule has 2 nitrogen and oxygen atoms in total. The number of rotatable bonds is 3. The number of aryl methyl sites for hydroxylation is 1. The van der Waals surface area contributed by atoms with Crippen LogP contribution in [0.4, 0.5) is 5.69 Å². The molecular formula is C13H13ClN2S. The first kappa shape index (κ1) is 12.3. The van der Waals surface area contributed by atoms with Crippen LogP contribution in [-0.4, -0.2) is 4.98 Å². The van der Waals surface area contributed by atoms with Gasteiger partial charge in [-0.05, 0) is 30.2 Å². The minimum absolute atomic E-state index is 0.754. The Bertz CT molecular complexity index is 529. The third-order valence-electron chi connectivity index (χ3n) is 2.49. The fraction of sp³-hybridized carbons (Fsp3) is 0.154. The second-order valence-electron chi connectivity index (χ2n) is 3.73. The van der Waals surface area contributed by atoms with E-state index in [0.717, 1.165) is 32.6 Å². The lowest BCUT2D eigenvalue weighted by atomic mass is 10.2. The number of anilines is 1. The van der Waals surface area contributed by atoms with E-state index in [9.17, 15) is 0 Å². The highest BCUT2D eigenvalue weighted by atomic mass is 35.5. The van der Waals surface area contributed by atoms with Crippen LogP contribution < -0.4 is 5.73 Å². The number of nitrogens with zero attached hydrogens (tertiary/aromatic N) is 1. The van der Waals surface area contributed by atoms with Crippen LogP contribution in [0.15, 0.2) is 41.6 Å². The Morgan fingerprint density at radius 2 is 2.06 bits per heavy atom. The number of nitrogens with two attached hydrogens (primary N) is 1. The summed E-state index contributed by atoms with van der Waals surface area (Å²) in [5.41, 5.74) is 8.88. The Morgan fingerprint density at radius 1 is 1.29 bits per heavy atom. The summed E-state index contributed by atoms with van der Waals surface area (Å²) in [7, 11) is 0. The van der Waals surface area contributed by atoms with Crippen LogP contribution in [0.2, 0.25) is 5.02 Å². The van der Waals surface area contributed by atoms with Crippen LogP contribution in [0, 0.1) is 6.92 Å². The van der Waals surface area contributed by atoms with Crippen molar-refractivity contribution in [3.8, 4) is 0 Å². The Kier molecular flexibility index (Phi) is 3.92. The van der Waals surface area contributed by atoms with E-state index in [4.69, 9.17) is 17.3 Å². The molecule has 0 saturated heterocycles. The highest BCUT2D eigenvalue weighted by molar-refractivity contribution is 7.98. The van der Waals surface area contributed by atoms with Crippen LogP contribution in [0.25, 0.3) is 0 Å². The van der Waals surface area contributed by atoms with Crippen molar-refractivity contribution in [1.29, 1.82) is 0 Å². The monoisotopic (exact) mass is 264 g/mol. The predicted octanol–water partition coefficient (Wildman–Crippen LogP) is 3.92. The maximum Gasteiger partial charge on any atom is 0.120 e. The average Bonchev–Trinajstić information content (AvgIpc) is 2.33. The summed E-state index contributed by atoms with van der Waals surface area (Å²) in [6, 6.07) is 9.73. The number of thioether (sulfide) groups is 1. The van der Waals surface area contributed by atoms with Gasteiger partial charge in [0.25, 0.3) is 0 Å². The molecule has 2 rings (SSSR count). The molecule has 88 valence electrons. The van der Waals surface area contributed by atoms with Crippen LogP contribution in [0.3, 0.4) is 0 Å². The summed E-state index contributed by atoms with van der Waals surface area (Å²) in [6.07, 6.45) is 1.78. The molecule has 1 heterocycles. The van der Waals surface area contributed by atoms with Crippen LogP contribution in [0.5, 0.6) is 0 Å². The predicted molar refractivity (Wildman–Crippen MR) is 74.4 cm³/mol. The van der Waals surface area contributed by atoms with Gasteiger partial charge in [0.15, 0.2) is 0 Å². The van der Waals surface area contributed by atoms with Gasteiger partial charge in [0, 0.05) is 17.0 Å². The molecule has 0 amide bonds. The number of aromatic nitrogens is 1. The summed E-state index contributed by atoms with van der Waals surface area (Å²) < 4.78 is 0. The van der Waals surface area contributed by atoms with Gasteiger partial charge in [-0.3, -0.25) is 0 Å². The van der Waals surface area contributed by atoms with E-state index in [1.165, 1.54) is 0 Å². The summed E-state index contributed by atoms with van der Waals surface area (Å²) in [6.45, 7) is 1.98. The zero-order valence-corrected chi connectivity index (χ0v) is 11.1. The van der Waals surface area contributed by atoms with E-state index < -0.39 is 0 Å². The first-order valence-electron chi connectivity index (χ1n) is 5.26. The smallest absolute Gasteiger partial charge is 0.120 e. The number of halogens is 1. The number of hydrogen-bond donors (Lipinski definition) is 1. The van der Waals surface area contributed by atoms with Crippen molar-refractivity contribution < 1.29 is 0 Å². The molecule has 0 saturated carbocycles. The number of benzene rings is 1. The minimum atomic E-state index is 0.754. The average molecular weight is 265 g/mol. The molecule has 0 spiro atoms. The van der Waals surface area contributed by atoms with Crippen LogP contribution >= 0.6 is 23.4 Å². The molecule has 0 aliphatic carbocycles. The van der Waals surface area contributed by atoms with E-state index in [1.807, 2.05) is 37.3 Å². The van der Waals surface area contributed by atoms with Crippen LogP contribution in [0.1, 0.15) is 11.1 Å². The van der Waals surface area contributed by atoms with Crippen molar-refractivity contribution >= 4 is 29.1 Å². The van der Waals surface area contributed by atoms with Crippen LogP contribution in [-0.2, 0) is 5.75 Å². The summed E-state index contributed by atoms with van der Waals surface area (Å²) >= 11 is 7.70. The van der Waals surface area contributed by atoms with Crippen molar-refractivity contribution in [3.05, 3.63) is 52.7 Å². The molecule has 0 aliphatic rings. The van der Waals surface area contributed by atoms with Gasteiger partial charge in [0.1, 0.15) is 5.03 Å². The quantitative estimate of drug-likeness (QED) is 0.854. The van der Waals surface area contributed by atoms with Gasteiger partial charge in [-0.25, -0.2) is 4.98 Å². The van der Waals surface area contributed by atoms with Gasteiger partial charge >= 0.3 is 0 Å². The van der Waals surface area contributed by atoms with E-state index in [1.54, 1.807) is 18.0 Å². The highest BCUT2D eigenvalue weighted by Gasteiger charge is 2.05. The van der Waals surface area contributed by atoms with E-state index in [-0.39, 0.29) is 0 Å². The fourth-order valence-corrected chi connectivity index (χ4v) is 2.70. The molecular weight excluding hydrogens is 252 g/mol. The van der Waals surface area contributed by atoms with Crippen molar-refractivity contribution in [3.63, 3.8) is 0 Å². The van der Waals surface area contributed by atoms with Gasteiger partial charge in [0.2, 0.25) is 0 Å². The lowest BCUT2D eigenvalue weighted by Gasteiger charge is -2.07. The van der Waals surface area contributed by atoms with Gasteiger partial charge < -0.3 is 5.73 Å². The van der Waals surface area contributed by atoms with E-state index in [2.05, 4.69) is 4.98 Å². The fourth-order valence-electron chi connectivity index (χ4n) is 1.42. The second kappa shape index (κ2) is 5.43. The second-order valence-corrected chi connectivity index (χ2v) is 5.10. The largest absolute Gasteiger partial charge is 0.396 e. The first-order chi connectivity index (χ1) is 8.18. The third kappa shape index (κ3) is 2.93. The molecule has 1 aromatic carbocycles. The molecule has 2 N–H and O–H groups in total. The Hall–Kier alpha value is -1.19. The Labute approximate surface area is 110 Å². The molecule has 0 radical (unpaired) electrons. The molecule has 4 heteroatoms. The van der Waals surface area contributed by atoms with E-state index >= 15 is 0 Å². The molecule has 0 unspecified atom stereocenters. The summed E-state index contributed by atoms with van der Waals surface area (Å²) in [5, 5.41) is 1.65. The topological polar surface area (TPSA) is 38.9 Å². The molecule has 0 aliphatic heterocycles. The van der Waals surface area contributed by atoms with Crippen molar-refractivity contribution in [1.82, 2.24) is 4.98 Å². The Morgan fingerprint density at radius 3 is 2.82 bits per heavy atom. The lowest BCUT2D eigenvalue weighted by Crippen LogP contribution is -1.95. The lowest BCUT2D eigenvalue weighted by molar-refractivity contribution is 1.12. The zero-order chi connectivity index (χ0) is 12.3. The molecule has 0 bridgehead atoms. The van der Waals surface area contributed by atoms with Gasteiger partial charge in [-0.2, -0.15) is 0 Å². The normalized spacial score (nSPS) is 10.5. The van der Waals surface area contributed by atoms with Crippen molar-refractivity contribution in [2.75, 3.05) is 5.73 Å². The highest BCUT2D eigenvalue weighted by Crippen LogP contribution is 2.29. The molecule has 1 aromatic heterocycles. The van der Waals surface area contributed by atoms with Crippen molar-refractivity contribution in [2.24, 2.45) is 0 Å². The number of pyridine rings is 1. The van der Waals surface area contributed by atoms with E-state index in [0.29, 0.717) is 0 Å². The van der Waals surface area contributed by atoms with Gasteiger partial charge in [-0.15, -0.1) is 0 Å². The number of nitrogen functional groups attached to an aromatic ring is 1. The van der Waals surface area contributed by atoms with Crippen molar-refractivity contribution in [2.45, 2.75) is 17.7 Å². The minimum Gasteiger partial charge on any atom is -0.396 e. The maximum atomic E-state index is 6.10. The maximum absolute atomic E-state index is 6.10. The number of hydrogen-bond acceptors (Lipinski definition) is 3. The molecule has 0 atom stereocenters.